The first-order valence-corrected chi connectivity index (χ1v) is 7.99. The molecule has 0 spiro atoms. The number of benzene rings is 1. The molecule has 0 radical (unpaired) electrons. The van der Waals surface area contributed by atoms with Crippen LogP contribution >= 0.6 is 0 Å². The van der Waals surface area contributed by atoms with E-state index in [0.29, 0.717) is 11.3 Å². The van der Waals surface area contributed by atoms with Gasteiger partial charge in [0.1, 0.15) is 11.3 Å². The Bertz CT molecular complexity index is 808. The Morgan fingerprint density at radius 2 is 2.12 bits per heavy atom. The number of hydrogen-bond donors (Lipinski definition) is 1. The highest BCUT2D eigenvalue weighted by molar-refractivity contribution is 5.85. The average molecular weight is 330 g/mol. The maximum Gasteiger partial charge on any atom is 0.336 e. The summed E-state index contributed by atoms with van der Waals surface area (Å²) in [7, 11) is 0. The minimum absolute atomic E-state index is 0.161. The van der Waals surface area contributed by atoms with Crippen molar-refractivity contribution in [1.82, 2.24) is 5.43 Å². The number of aryl methyl sites for hydroxylation is 1. The number of nitrogens with zero attached hydrogens (tertiary/aromatic N) is 1. The van der Waals surface area contributed by atoms with Gasteiger partial charge < -0.3 is 9.15 Å². The smallest absolute Gasteiger partial charge is 0.336 e. The van der Waals surface area contributed by atoms with Gasteiger partial charge in [-0.25, -0.2) is 10.2 Å². The predicted octanol–water partition coefficient (Wildman–Crippen LogP) is 3.16. The largest absolute Gasteiger partial charge is 0.484 e. The molecule has 1 amide bonds. The van der Waals surface area contributed by atoms with Gasteiger partial charge in [-0.2, -0.15) is 5.10 Å². The Balaban J connectivity index is 1.95. The maximum absolute atomic E-state index is 11.7. The Morgan fingerprint density at radius 1 is 1.33 bits per heavy atom. The Labute approximate surface area is 140 Å². The number of fused-ring (bicyclic) bond motifs is 1. The molecule has 0 unspecified atom stereocenters. The summed E-state index contributed by atoms with van der Waals surface area (Å²) in [4.78, 5) is 23.2. The Hall–Kier alpha value is -2.63. The van der Waals surface area contributed by atoms with Crippen LogP contribution < -0.4 is 15.8 Å². The first kappa shape index (κ1) is 17.7. The van der Waals surface area contributed by atoms with Crippen molar-refractivity contribution < 1.29 is 13.9 Å². The molecular formula is C18H22N2O4. The van der Waals surface area contributed by atoms with Crippen LogP contribution in [0.5, 0.6) is 5.75 Å². The van der Waals surface area contributed by atoms with E-state index in [2.05, 4.69) is 17.5 Å². The maximum atomic E-state index is 11.7. The highest BCUT2D eigenvalue weighted by atomic mass is 16.5. The summed E-state index contributed by atoms with van der Waals surface area (Å²) in [5, 5.41) is 4.86. The third kappa shape index (κ3) is 4.94. The molecule has 2 aromatic rings. The number of hydrogen-bond acceptors (Lipinski definition) is 5. The lowest BCUT2D eigenvalue weighted by Crippen LogP contribution is -2.25. The monoisotopic (exact) mass is 330 g/mol. The van der Waals surface area contributed by atoms with Crippen LogP contribution in [0.3, 0.4) is 0 Å². The second-order valence-electron chi connectivity index (χ2n) is 5.68. The summed E-state index contributed by atoms with van der Waals surface area (Å²) in [6.07, 6.45) is 2.99. The van der Waals surface area contributed by atoms with E-state index < -0.39 is 5.63 Å². The average Bonchev–Trinajstić information content (AvgIpc) is 2.55. The lowest BCUT2D eigenvalue weighted by atomic mass is 10.1. The van der Waals surface area contributed by atoms with Gasteiger partial charge in [-0.1, -0.05) is 13.3 Å². The molecule has 0 saturated carbocycles. The van der Waals surface area contributed by atoms with Crippen LogP contribution in [0.1, 0.15) is 38.7 Å². The molecule has 6 nitrogen and oxygen atoms in total. The number of amides is 1. The molecule has 1 heterocycles. The van der Waals surface area contributed by atoms with Crippen molar-refractivity contribution in [2.24, 2.45) is 5.10 Å². The van der Waals surface area contributed by atoms with Crippen molar-refractivity contribution >= 4 is 22.6 Å². The van der Waals surface area contributed by atoms with Gasteiger partial charge in [0.25, 0.3) is 5.91 Å². The molecule has 0 fully saturated rings. The fourth-order valence-corrected chi connectivity index (χ4v) is 2.22. The zero-order valence-corrected chi connectivity index (χ0v) is 14.2. The van der Waals surface area contributed by atoms with Crippen molar-refractivity contribution in [1.29, 1.82) is 0 Å². The molecule has 2 rings (SSSR count). The summed E-state index contributed by atoms with van der Waals surface area (Å²) in [5.41, 5.74) is 4.21. The molecule has 0 aliphatic heterocycles. The zero-order chi connectivity index (χ0) is 17.5. The van der Waals surface area contributed by atoms with Crippen molar-refractivity contribution in [3.63, 3.8) is 0 Å². The SMILES string of the molecule is CCCC/C(C)=N\NC(=O)COc1ccc2c(C)cc(=O)oc2c1. The van der Waals surface area contributed by atoms with Gasteiger partial charge in [0, 0.05) is 23.2 Å². The first-order valence-electron chi connectivity index (χ1n) is 7.99. The highest BCUT2D eigenvalue weighted by Crippen LogP contribution is 2.22. The Kier molecular flexibility index (Phi) is 6.12. The van der Waals surface area contributed by atoms with E-state index in [9.17, 15) is 9.59 Å². The van der Waals surface area contributed by atoms with Crippen molar-refractivity contribution in [2.45, 2.75) is 40.0 Å². The molecule has 0 aliphatic carbocycles. The van der Waals surface area contributed by atoms with Crippen LogP contribution in [0.25, 0.3) is 11.0 Å². The van der Waals surface area contributed by atoms with Crippen molar-refractivity contribution in [3.05, 3.63) is 40.2 Å². The van der Waals surface area contributed by atoms with E-state index in [1.165, 1.54) is 6.07 Å². The fraction of sp³-hybridized carbons (Fsp3) is 0.389. The number of unbranched alkanes of at least 4 members (excludes halogenated alkanes) is 1. The topological polar surface area (TPSA) is 80.9 Å². The predicted molar refractivity (Wildman–Crippen MR) is 93.5 cm³/mol. The first-order chi connectivity index (χ1) is 11.5. The van der Waals surface area contributed by atoms with Gasteiger partial charge in [-0.05, 0) is 44.4 Å². The summed E-state index contributed by atoms with van der Waals surface area (Å²) in [5.74, 6) is 0.120. The molecular weight excluding hydrogens is 308 g/mol. The van der Waals surface area contributed by atoms with Gasteiger partial charge in [0.2, 0.25) is 0 Å². The number of ether oxygens (including phenoxy) is 1. The summed E-state index contributed by atoms with van der Waals surface area (Å²) < 4.78 is 10.6. The molecule has 24 heavy (non-hydrogen) atoms. The van der Waals surface area contributed by atoms with E-state index in [4.69, 9.17) is 9.15 Å². The molecule has 0 atom stereocenters. The van der Waals surface area contributed by atoms with Gasteiger partial charge in [0.15, 0.2) is 6.61 Å². The third-order valence-electron chi connectivity index (χ3n) is 3.56. The van der Waals surface area contributed by atoms with Crippen LogP contribution in [0.15, 0.2) is 38.6 Å². The quantitative estimate of drug-likeness (QED) is 0.480. The van der Waals surface area contributed by atoms with Crippen LogP contribution in [0, 0.1) is 6.92 Å². The van der Waals surface area contributed by atoms with E-state index in [1.54, 1.807) is 18.2 Å². The number of hydrazone groups is 1. The third-order valence-corrected chi connectivity index (χ3v) is 3.56. The summed E-state index contributed by atoms with van der Waals surface area (Å²) in [6.45, 7) is 5.66. The van der Waals surface area contributed by atoms with Crippen LogP contribution in [-0.4, -0.2) is 18.2 Å². The zero-order valence-electron chi connectivity index (χ0n) is 14.2. The van der Waals surface area contributed by atoms with Crippen LogP contribution in [-0.2, 0) is 4.79 Å². The second kappa shape index (κ2) is 8.29. The fourth-order valence-electron chi connectivity index (χ4n) is 2.22. The van der Waals surface area contributed by atoms with E-state index in [-0.39, 0.29) is 12.5 Å². The highest BCUT2D eigenvalue weighted by Gasteiger charge is 2.06. The number of rotatable bonds is 7. The second-order valence-corrected chi connectivity index (χ2v) is 5.68. The van der Waals surface area contributed by atoms with Gasteiger partial charge in [-0.3, -0.25) is 4.79 Å². The van der Waals surface area contributed by atoms with Gasteiger partial charge in [-0.15, -0.1) is 0 Å². The Morgan fingerprint density at radius 3 is 2.88 bits per heavy atom. The number of carbonyl (C=O) groups excluding carboxylic acids is 1. The molecule has 0 aliphatic rings. The van der Waals surface area contributed by atoms with E-state index in [0.717, 1.165) is 35.9 Å². The number of carbonyl (C=O) groups is 1. The van der Waals surface area contributed by atoms with Crippen molar-refractivity contribution in [2.75, 3.05) is 6.61 Å². The minimum Gasteiger partial charge on any atom is -0.484 e. The summed E-state index contributed by atoms with van der Waals surface area (Å²) >= 11 is 0. The molecule has 1 aromatic carbocycles. The van der Waals surface area contributed by atoms with E-state index in [1.807, 2.05) is 13.8 Å². The lowest BCUT2D eigenvalue weighted by molar-refractivity contribution is -0.123. The van der Waals surface area contributed by atoms with Gasteiger partial charge in [0.05, 0.1) is 0 Å². The normalized spacial score (nSPS) is 11.5. The number of nitrogens with one attached hydrogen (secondary N) is 1. The van der Waals surface area contributed by atoms with Gasteiger partial charge >= 0.3 is 5.63 Å². The van der Waals surface area contributed by atoms with Crippen molar-refractivity contribution in [3.8, 4) is 5.75 Å². The summed E-state index contributed by atoms with van der Waals surface area (Å²) in [6, 6.07) is 6.58. The standard InChI is InChI=1S/C18H22N2O4/c1-4-5-6-13(3)19-20-17(21)11-23-14-7-8-15-12(2)9-18(22)24-16(15)10-14/h7-10H,4-6,11H2,1-3H3,(H,20,21)/b19-13-. The minimum atomic E-state index is -0.410. The molecule has 0 bridgehead atoms. The molecule has 6 heteroatoms. The molecule has 0 saturated heterocycles. The molecule has 128 valence electrons. The van der Waals surface area contributed by atoms with Crippen LogP contribution in [0.4, 0.5) is 0 Å². The van der Waals surface area contributed by atoms with E-state index >= 15 is 0 Å². The molecule has 1 N–H and O–H groups in total. The molecule has 1 aromatic heterocycles. The lowest BCUT2D eigenvalue weighted by Gasteiger charge is -2.07. The van der Waals surface area contributed by atoms with Crippen LogP contribution in [0.2, 0.25) is 0 Å².